The van der Waals surface area contributed by atoms with Crippen molar-refractivity contribution >= 4 is 21.6 Å². The standard InChI is InChI=1S/C10H12BrFN2/c1-2-3-10(14-13)8-6-7(11)4-5-9(8)12/h4-6H,2-3,13H2,1H3. The molecule has 1 aromatic rings. The molecular weight excluding hydrogens is 247 g/mol. The summed E-state index contributed by atoms with van der Waals surface area (Å²) in [6.07, 6.45) is 1.58. The first kappa shape index (κ1) is 11.2. The van der Waals surface area contributed by atoms with Gasteiger partial charge in [-0.05, 0) is 24.6 Å². The van der Waals surface area contributed by atoms with Crippen LogP contribution in [0.1, 0.15) is 25.3 Å². The first-order chi connectivity index (χ1) is 6.69. The van der Waals surface area contributed by atoms with E-state index in [1.807, 2.05) is 6.92 Å². The molecule has 0 saturated carbocycles. The van der Waals surface area contributed by atoms with E-state index in [4.69, 9.17) is 5.84 Å². The molecule has 4 heteroatoms. The first-order valence-corrected chi connectivity index (χ1v) is 5.20. The Morgan fingerprint density at radius 3 is 2.86 bits per heavy atom. The molecule has 1 rings (SSSR count). The van der Waals surface area contributed by atoms with E-state index in [-0.39, 0.29) is 5.82 Å². The minimum absolute atomic E-state index is 0.286. The maximum atomic E-state index is 13.4. The molecule has 0 saturated heterocycles. The smallest absolute Gasteiger partial charge is 0.132 e. The normalized spacial score (nSPS) is 11.8. The highest BCUT2D eigenvalue weighted by Crippen LogP contribution is 2.17. The Bertz CT molecular complexity index is 350. The van der Waals surface area contributed by atoms with Crippen LogP contribution in [0.25, 0.3) is 0 Å². The van der Waals surface area contributed by atoms with E-state index in [0.29, 0.717) is 17.7 Å². The van der Waals surface area contributed by atoms with Gasteiger partial charge in [-0.2, -0.15) is 5.10 Å². The summed E-state index contributed by atoms with van der Waals surface area (Å²) in [5.74, 6) is 4.93. The lowest BCUT2D eigenvalue weighted by molar-refractivity contribution is 0.624. The molecule has 76 valence electrons. The van der Waals surface area contributed by atoms with Gasteiger partial charge in [-0.1, -0.05) is 29.3 Å². The monoisotopic (exact) mass is 258 g/mol. The summed E-state index contributed by atoms with van der Waals surface area (Å²) < 4.78 is 14.2. The Balaban J connectivity index is 3.09. The SMILES string of the molecule is CCCC(=NN)c1cc(Br)ccc1F. The number of nitrogens with zero attached hydrogens (tertiary/aromatic N) is 1. The minimum atomic E-state index is -0.286. The Labute approximate surface area is 91.1 Å². The van der Waals surface area contributed by atoms with E-state index in [1.54, 1.807) is 12.1 Å². The van der Waals surface area contributed by atoms with Crippen LogP contribution in [0, 0.1) is 5.82 Å². The summed E-state index contributed by atoms with van der Waals surface area (Å²) in [6.45, 7) is 2.00. The zero-order chi connectivity index (χ0) is 10.6. The third-order valence-electron chi connectivity index (χ3n) is 1.88. The number of rotatable bonds is 3. The van der Waals surface area contributed by atoms with Crippen molar-refractivity contribution in [2.45, 2.75) is 19.8 Å². The van der Waals surface area contributed by atoms with Crippen LogP contribution in [-0.4, -0.2) is 5.71 Å². The quantitative estimate of drug-likeness (QED) is 0.505. The fourth-order valence-electron chi connectivity index (χ4n) is 1.22. The van der Waals surface area contributed by atoms with E-state index in [2.05, 4.69) is 21.0 Å². The van der Waals surface area contributed by atoms with Gasteiger partial charge >= 0.3 is 0 Å². The second kappa shape index (κ2) is 5.10. The molecule has 0 unspecified atom stereocenters. The number of benzene rings is 1. The van der Waals surface area contributed by atoms with Crippen molar-refractivity contribution in [1.29, 1.82) is 0 Å². The Morgan fingerprint density at radius 1 is 1.57 bits per heavy atom. The predicted molar refractivity (Wildman–Crippen MR) is 59.7 cm³/mol. The highest BCUT2D eigenvalue weighted by molar-refractivity contribution is 9.10. The molecule has 2 nitrogen and oxygen atoms in total. The zero-order valence-corrected chi connectivity index (χ0v) is 9.51. The first-order valence-electron chi connectivity index (χ1n) is 4.41. The van der Waals surface area contributed by atoms with Gasteiger partial charge in [0, 0.05) is 10.0 Å². The molecule has 0 aliphatic rings. The van der Waals surface area contributed by atoms with E-state index in [9.17, 15) is 4.39 Å². The van der Waals surface area contributed by atoms with E-state index < -0.39 is 0 Å². The summed E-state index contributed by atoms with van der Waals surface area (Å²) in [5.41, 5.74) is 1.08. The van der Waals surface area contributed by atoms with E-state index in [0.717, 1.165) is 10.9 Å². The molecule has 0 aliphatic heterocycles. The topological polar surface area (TPSA) is 38.4 Å². The molecule has 0 amide bonds. The van der Waals surface area contributed by atoms with Crippen LogP contribution in [0.5, 0.6) is 0 Å². The molecule has 14 heavy (non-hydrogen) atoms. The molecule has 0 heterocycles. The van der Waals surface area contributed by atoms with Crippen molar-refractivity contribution < 1.29 is 4.39 Å². The van der Waals surface area contributed by atoms with Crippen molar-refractivity contribution in [3.8, 4) is 0 Å². The molecular formula is C10H12BrFN2. The van der Waals surface area contributed by atoms with Gasteiger partial charge < -0.3 is 5.84 Å². The van der Waals surface area contributed by atoms with Crippen LogP contribution >= 0.6 is 15.9 Å². The third kappa shape index (κ3) is 2.54. The molecule has 2 N–H and O–H groups in total. The lowest BCUT2D eigenvalue weighted by atomic mass is 10.1. The van der Waals surface area contributed by atoms with Gasteiger partial charge in [0.25, 0.3) is 0 Å². The van der Waals surface area contributed by atoms with Gasteiger partial charge in [-0.3, -0.25) is 0 Å². The molecule has 0 aliphatic carbocycles. The highest BCUT2D eigenvalue weighted by Gasteiger charge is 2.08. The lowest BCUT2D eigenvalue weighted by Gasteiger charge is -2.05. The fraction of sp³-hybridized carbons (Fsp3) is 0.300. The average molecular weight is 259 g/mol. The van der Waals surface area contributed by atoms with Crippen LogP contribution in [-0.2, 0) is 0 Å². The van der Waals surface area contributed by atoms with Gasteiger partial charge in [0.05, 0.1) is 5.71 Å². The number of hydrazone groups is 1. The summed E-state index contributed by atoms with van der Waals surface area (Å²) in [5, 5.41) is 3.61. The second-order valence-electron chi connectivity index (χ2n) is 2.95. The maximum Gasteiger partial charge on any atom is 0.132 e. The van der Waals surface area contributed by atoms with Crippen LogP contribution in [0.2, 0.25) is 0 Å². The average Bonchev–Trinajstić information content (AvgIpc) is 2.18. The Morgan fingerprint density at radius 2 is 2.29 bits per heavy atom. The van der Waals surface area contributed by atoms with Crippen molar-refractivity contribution in [2.24, 2.45) is 10.9 Å². The molecule has 0 spiro atoms. The Kier molecular flexibility index (Phi) is 4.07. The number of hydrogen-bond donors (Lipinski definition) is 1. The van der Waals surface area contributed by atoms with E-state index >= 15 is 0 Å². The number of halogens is 2. The van der Waals surface area contributed by atoms with Crippen molar-refractivity contribution in [1.82, 2.24) is 0 Å². The number of hydrogen-bond acceptors (Lipinski definition) is 2. The second-order valence-corrected chi connectivity index (χ2v) is 3.87. The summed E-state index contributed by atoms with van der Waals surface area (Å²) in [4.78, 5) is 0. The van der Waals surface area contributed by atoms with Crippen molar-refractivity contribution in [3.05, 3.63) is 34.1 Å². The van der Waals surface area contributed by atoms with Crippen molar-refractivity contribution in [3.63, 3.8) is 0 Å². The van der Waals surface area contributed by atoms with Gasteiger partial charge in [0.15, 0.2) is 0 Å². The largest absolute Gasteiger partial charge is 0.323 e. The highest BCUT2D eigenvalue weighted by atomic mass is 79.9. The molecule has 0 radical (unpaired) electrons. The van der Waals surface area contributed by atoms with Gasteiger partial charge in [0.2, 0.25) is 0 Å². The van der Waals surface area contributed by atoms with Gasteiger partial charge in [-0.25, -0.2) is 4.39 Å². The van der Waals surface area contributed by atoms with Crippen LogP contribution in [0.15, 0.2) is 27.8 Å². The third-order valence-corrected chi connectivity index (χ3v) is 2.38. The molecule has 0 aromatic heterocycles. The van der Waals surface area contributed by atoms with Crippen molar-refractivity contribution in [2.75, 3.05) is 0 Å². The summed E-state index contributed by atoms with van der Waals surface area (Å²) in [7, 11) is 0. The molecule has 0 bridgehead atoms. The fourth-order valence-corrected chi connectivity index (χ4v) is 1.59. The zero-order valence-electron chi connectivity index (χ0n) is 7.93. The maximum absolute atomic E-state index is 13.4. The lowest BCUT2D eigenvalue weighted by Crippen LogP contribution is -2.06. The van der Waals surface area contributed by atoms with Crippen LogP contribution in [0.3, 0.4) is 0 Å². The molecule has 1 aromatic carbocycles. The number of nitrogens with two attached hydrogens (primary N) is 1. The minimum Gasteiger partial charge on any atom is -0.323 e. The Hall–Kier alpha value is -0.900. The summed E-state index contributed by atoms with van der Waals surface area (Å²) in [6, 6.07) is 4.75. The van der Waals surface area contributed by atoms with Crippen LogP contribution < -0.4 is 5.84 Å². The molecule has 0 atom stereocenters. The van der Waals surface area contributed by atoms with E-state index in [1.165, 1.54) is 6.07 Å². The predicted octanol–water partition coefficient (Wildman–Crippen LogP) is 3.05. The van der Waals surface area contributed by atoms with Gasteiger partial charge in [0.1, 0.15) is 5.82 Å². The van der Waals surface area contributed by atoms with Crippen LogP contribution in [0.4, 0.5) is 4.39 Å². The van der Waals surface area contributed by atoms with Gasteiger partial charge in [-0.15, -0.1) is 0 Å². The summed E-state index contributed by atoms with van der Waals surface area (Å²) >= 11 is 3.28. The molecule has 0 fully saturated rings.